The lowest BCUT2D eigenvalue weighted by atomic mass is 9.59. The number of nitrogens with zero attached hydrogens (tertiary/aromatic N) is 2. The van der Waals surface area contributed by atoms with Crippen LogP contribution in [0.25, 0.3) is 99.5 Å². The third-order valence-corrected chi connectivity index (χ3v) is 16.5. The van der Waals surface area contributed by atoms with Crippen molar-refractivity contribution in [1.29, 1.82) is 0 Å². The number of benzene rings is 9. The van der Waals surface area contributed by atoms with E-state index in [-0.39, 0.29) is 5.82 Å². The molecular formula is C54H47B12FN2. The topological polar surface area (TPSA) is 9.86 Å². The smallest absolute Gasteiger partial charge is 0.141 e. The molecule has 0 unspecified atom stereocenters. The first kappa shape index (κ1) is 44.8. The molecule has 0 bridgehead atoms. The highest BCUT2D eigenvalue weighted by Crippen LogP contribution is 2.38. The largest absolute Gasteiger partial charge is 0.310 e. The quantitative estimate of drug-likeness (QED) is 0.148. The second-order valence-corrected chi connectivity index (χ2v) is 19.8. The number of hydrogen-bond acceptors (Lipinski definition) is 0. The number of hydrogen-bond donors (Lipinski definition) is 0. The molecule has 0 aliphatic heterocycles. The summed E-state index contributed by atoms with van der Waals surface area (Å²) < 4.78 is 19.1. The van der Waals surface area contributed by atoms with Gasteiger partial charge in [-0.3, -0.25) is 0 Å². The lowest BCUT2D eigenvalue weighted by Gasteiger charge is -2.20. The summed E-state index contributed by atoms with van der Waals surface area (Å²) in [6, 6.07) is 49.5. The maximum atomic E-state index is 14.1. The summed E-state index contributed by atoms with van der Waals surface area (Å²) in [5, 5.41) is 5.10. The maximum Gasteiger partial charge on any atom is 0.141 e. The maximum absolute atomic E-state index is 14.1. The van der Waals surface area contributed by atoms with Crippen molar-refractivity contribution in [2.45, 2.75) is 0 Å². The van der Waals surface area contributed by atoms with Gasteiger partial charge in [0.1, 0.15) is 100.0 Å². The minimum atomic E-state index is -0.234. The van der Waals surface area contributed by atoms with Gasteiger partial charge < -0.3 is 9.13 Å². The Balaban J connectivity index is 1.17. The van der Waals surface area contributed by atoms with Crippen LogP contribution in [0.1, 0.15) is 0 Å². The van der Waals surface area contributed by atoms with Crippen molar-refractivity contribution in [2.24, 2.45) is 0 Å². The van der Waals surface area contributed by atoms with Crippen molar-refractivity contribution in [1.82, 2.24) is 9.13 Å². The van der Waals surface area contributed by atoms with Crippen LogP contribution in [-0.4, -0.2) is 103 Å². The molecule has 2 aromatic heterocycles. The summed E-state index contributed by atoms with van der Waals surface area (Å²) in [6.07, 6.45) is 0. The normalized spacial score (nSPS) is 11.7. The van der Waals surface area contributed by atoms with Gasteiger partial charge in [-0.2, -0.15) is 0 Å². The van der Waals surface area contributed by atoms with Crippen LogP contribution in [0, 0.1) is 5.82 Å². The molecule has 9 aromatic carbocycles. The SMILES string of the molecule is Bc1c(B)c(B)c(-c2ccc3c4cc(-c5c(B)c(B)c6c(c5B)c5c(B)c(B)c(B)c(B)c5n6-c5ccc(-c6ccccc6)cc5)ccc4n(-c4cccc(-c5ccc(F)cc5)c4)c3c2)c(B)c1B. The molecule has 0 radical (unpaired) electrons. The van der Waals surface area contributed by atoms with E-state index in [1.165, 1.54) is 137 Å². The minimum Gasteiger partial charge on any atom is -0.310 e. The van der Waals surface area contributed by atoms with E-state index in [1.807, 2.05) is 12.1 Å². The van der Waals surface area contributed by atoms with Crippen LogP contribution in [0.3, 0.4) is 0 Å². The van der Waals surface area contributed by atoms with E-state index in [0.29, 0.717) is 0 Å². The van der Waals surface area contributed by atoms with E-state index in [0.717, 1.165) is 27.8 Å². The van der Waals surface area contributed by atoms with Crippen molar-refractivity contribution in [3.63, 3.8) is 0 Å². The van der Waals surface area contributed by atoms with Crippen LogP contribution in [-0.2, 0) is 0 Å². The Morgan fingerprint density at radius 3 is 1.45 bits per heavy atom. The molecule has 0 saturated heterocycles. The van der Waals surface area contributed by atoms with Crippen LogP contribution in [0.2, 0.25) is 0 Å². The van der Waals surface area contributed by atoms with Crippen LogP contribution >= 0.6 is 0 Å². The Kier molecular flexibility index (Phi) is 10.9. The van der Waals surface area contributed by atoms with Gasteiger partial charge in [0.05, 0.1) is 11.0 Å². The van der Waals surface area contributed by atoms with E-state index in [4.69, 9.17) is 0 Å². The highest BCUT2D eigenvalue weighted by Gasteiger charge is 2.26. The molecular weight excluding hydrogens is 825 g/mol. The van der Waals surface area contributed by atoms with Gasteiger partial charge in [0.2, 0.25) is 0 Å². The Morgan fingerprint density at radius 2 is 0.768 bits per heavy atom. The number of aromatic nitrogens is 2. The Labute approximate surface area is 415 Å². The third-order valence-electron chi connectivity index (χ3n) is 16.5. The van der Waals surface area contributed by atoms with Gasteiger partial charge in [-0.15, -0.1) is 21.9 Å². The monoisotopic (exact) mass is 874 g/mol. The number of fused-ring (bicyclic) bond motifs is 6. The molecule has 11 aromatic rings. The average molecular weight is 873 g/mol. The van der Waals surface area contributed by atoms with Gasteiger partial charge in [-0.1, -0.05) is 129 Å². The molecule has 2 nitrogen and oxygen atoms in total. The molecule has 0 aliphatic rings. The molecule has 0 fully saturated rings. The molecule has 316 valence electrons. The molecule has 0 atom stereocenters. The molecule has 69 heavy (non-hydrogen) atoms. The summed E-state index contributed by atoms with van der Waals surface area (Å²) in [6.45, 7) is 0. The summed E-state index contributed by atoms with van der Waals surface area (Å²) >= 11 is 0. The Morgan fingerprint density at radius 1 is 0.290 bits per heavy atom. The predicted octanol–water partition coefficient (Wildman–Crippen LogP) is -6.21. The van der Waals surface area contributed by atoms with Crippen molar-refractivity contribution >= 4 is 203 Å². The van der Waals surface area contributed by atoms with Crippen LogP contribution in [0.15, 0.2) is 140 Å². The molecule has 0 saturated carbocycles. The van der Waals surface area contributed by atoms with Crippen molar-refractivity contribution in [3.05, 3.63) is 145 Å². The van der Waals surface area contributed by atoms with Gasteiger partial charge in [-0.05, 0) is 104 Å². The van der Waals surface area contributed by atoms with Gasteiger partial charge >= 0.3 is 0 Å². The lowest BCUT2D eigenvalue weighted by Crippen LogP contribution is -2.55. The minimum absolute atomic E-state index is 0.234. The Bertz CT molecular complexity index is 3950. The van der Waals surface area contributed by atoms with E-state index in [9.17, 15) is 4.39 Å². The first-order valence-electron chi connectivity index (χ1n) is 24.4. The zero-order valence-electron chi connectivity index (χ0n) is 42.1. The molecule has 0 amide bonds. The zero-order chi connectivity index (χ0) is 48.3. The predicted molar refractivity (Wildman–Crippen MR) is 335 cm³/mol. The highest BCUT2D eigenvalue weighted by atomic mass is 19.1. The fourth-order valence-electron chi connectivity index (χ4n) is 11.8. The van der Waals surface area contributed by atoms with Gasteiger partial charge in [0.25, 0.3) is 0 Å². The average Bonchev–Trinajstić information content (AvgIpc) is 3.90. The van der Waals surface area contributed by atoms with Crippen LogP contribution < -0.4 is 65.6 Å². The van der Waals surface area contributed by atoms with Gasteiger partial charge in [0, 0.05) is 38.6 Å². The second kappa shape index (κ2) is 16.8. The van der Waals surface area contributed by atoms with Gasteiger partial charge in [0.15, 0.2) is 0 Å². The first-order valence-corrected chi connectivity index (χ1v) is 24.4. The van der Waals surface area contributed by atoms with E-state index >= 15 is 0 Å². The summed E-state index contributed by atoms with van der Waals surface area (Å²) in [7, 11) is 27.5. The van der Waals surface area contributed by atoms with Gasteiger partial charge in [-0.25, -0.2) is 4.39 Å². The first-order chi connectivity index (χ1) is 33.2. The third kappa shape index (κ3) is 6.85. The van der Waals surface area contributed by atoms with Crippen molar-refractivity contribution in [3.8, 4) is 55.9 Å². The molecule has 11 rings (SSSR count). The summed E-state index contributed by atoms with van der Waals surface area (Å²) in [5.74, 6) is -0.234. The number of halogens is 1. The molecule has 0 N–H and O–H groups in total. The van der Waals surface area contributed by atoms with Crippen LogP contribution in [0.5, 0.6) is 0 Å². The van der Waals surface area contributed by atoms with E-state index in [1.54, 1.807) is 12.1 Å². The van der Waals surface area contributed by atoms with E-state index in [2.05, 4.69) is 219 Å². The standard InChI is InChI=1S/C54H47B12FN2/c55-41-37(44(58)51(65)53-39(41)40-45(59)48(62)50(64)52(66)54(40)69(53)31-17-11-25(12-18-31)24-5-2-1-3-6-24)28-14-20-35-34(22-28)33-19-13-29(38-42(56)46(60)49(63)47(61)43(38)57)23-36(33)68(35)32-8-4-7-27(21-32)26-9-15-30(67)16-10-26/h1-23H,55-66H2. The fraction of sp³-hybridized carbons (Fsp3) is 0. The Hall–Kier alpha value is -6.71. The number of rotatable bonds is 6. The molecule has 15 heteroatoms. The molecule has 0 spiro atoms. The lowest BCUT2D eigenvalue weighted by molar-refractivity contribution is 0.628. The fourth-order valence-corrected chi connectivity index (χ4v) is 11.8. The summed E-state index contributed by atoms with van der Waals surface area (Å²) in [5.41, 5.74) is 32.6. The van der Waals surface area contributed by atoms with Crippen molar-refractivity contribution < 1.29 is 4.39 Å². The second-order valence-electron chi connectivity index (χ2n) is 19.8. The highest BCUT2D eigenvalue weighted by molar-refractivity contribution is 6.70. The summed E-state index contributed by atoms with van der Waals surface area (Å²) in [4.78, 5) is 0. The van der Waals surface area contributed by atoms with Crippen molar-refractivity contribution in [2.75, 3.05) is 0 Å². The molecule has 0 aliphatic carbocycles. The zero-order valence-corrected chi connectivity index (χ0v) is 42.1. The van der Waals surface area contributed by atoms with E-state index < -0.39 is 0 Å². The molecule has 2 heterocycles. The van der Waals surface area contributed by atoms with Crippen LogP contribution in [0.4, 0.5) is 4.39 Å².